The van der Waals surface area contributed by atoms with Crippen molar-refractivity contribution in [1.82, 2.24) is 15.5 Å². The average molecular weight is 187 g/mol. The summed E-state index contributed by atoms with van der Waals surface area (Å²) in [7, 11) is 3.45. The van der Waals surface area contributed by atoms with E-state index in [1.165, 1.54) is 7.11 Å². The summed E-state index contributed by atoms with van der Waals surface area (Å²) >= 11 is 0. The molecule has 76 valence electrons. The molecule has 1 saturated heterocycles. The van der Waals surface area contributed by atoms with Crippen molar-refractivity contribution in [2.45, 2.75) is 6.04 Å². The second kappa shape index (κ2) is 5.04. The maximum atomic E-state index is 10.8. The zero-order valence-electron chi connectivity index (χ0n) is 8.17. The van der Waals surface area contributed by atoms with E-state index in [4.69, 9.17) is 0 Å². The highest BCUT2D eigenvalue weighted by atomic mass is 16.5. The molecule has 1 atom stereocenters. The van der Waals surface area contributed by atoms with Crippen LogP contribution in [0.15, 0.2) is 0 Å². The summed E-state index contributed by atoms with van der Waals surface area (Å²) in [5.74, 6) is 0. The van der Waals surface area contributed by atoms with E-state index in [0.717, 1.165) is 19.6 Å². The first kappa shape index (κ1) is 10.3. The highest BCUT2D eigenvalue weighted by Gasteiger charge is 2.16. The summed E-state index contributed by atoms with van der Waals surface area (Å²) in [6, 6.07) is 0.331. The second-order valence-corrected chi connectivity index (χ2v) is 3.29. The van der Waals surface area contributed by atoms with Crippen LogP contribution in [-0.4, -0.2) is 57.4 Å². The molecule has 0 unspecified atom stereocenters. The van der Waals surface area contributed by atoms with Gasteiger partial charge in [-0.2, -0.15) is 0 Å². The minimum Gasteiger partial charge on any atom is -0.453 e. The predicted molar refractivity (Wildman–Crippen MR) is 49.7 cm³/mol. The van der Waals surface area contributed by atoms with Gasteiger partial charge in [-0.05, 0) is 7.05 Å². The lowest BCUT2D eigenvalue weighted by Gasteiger charge is -2.30. The van der Waals surface area contributed by atoms with Gasteiger partial charge in [0.15, 0.2) is 0 Å². The number of carbonyl (C=O) groups is 1. The van der Waals surface area contributed by atoms with Gasteiger partial charge in [0, 0.05) is 32.2 Å². The van der Waals surface area contributed by atoms with Gasteiger partial charge in [0.25, 0.3) is 0 Å². The summed E-state index contributed by atoms with van der Waals surface area (Å²) in [6.45, 7) is 3.62. The molecule has 2 N–H and O–H groups in total. The highest BCUT2D eigenvalue weighted by Crippen LogP contribution is 1.94. The van der Waals surface area contributed by atoms with Crippen molar-refractivity contribution < 1.29 is 9.53 Å². The highest BCUT2D eigenvalue weighted by molar-refractivity contribution is 5.66. The Balaban J connectivity index is 2.17. The lowest BCUT2D eigenvalue weighted by molar-refractivity contribution is 0.166. The molecule has 5 nitrogen and oxygen atoms in total. The summed E-state index contributed by atoms with van der Waals surface area (Å²) in [6.07, 6.45) is -0.366. The predicted octanol–water partition coefficient (Wildman–Crippen LogP) is -0.754. The molecule has 0 saturated carbocycles. The fourth-order valence-electron chi connectivity index (χ4n) is 1.41. The van der Waals surface area contributed by atoms with Crippen molar-refractivity contribution in [1.29, 1.82) is 0 Å². The Morgan fingerprint density at radius 2 is 2.54 bits per heavy atom. The third-order valence-corrected chi connectivity index (χ3v) is 2.14. The number of nitrogens with zero attached hydrogens (tertiary/aromatic N) is 1. The van der Waals surface area contributed by atoms with Crippen LogP contribution in [0.3, 0.4) is 0 Å². The summed E-state index contributed by atoms with van der Waals surface area (Å²) in [4.78, 5) is 13.0. The number of hydrogen-bond acceptors (Lipinski definition) is 4. The number of alkyl carbamates (subject to hydrolysis) is 1. The molecule has 1 aliphatic rings. The summed E-state index contributed by atoms with van der Waals surface area (Å²) < 4.78 is 4.48. The molecule has 0 spiro atoms. The van der Waals surface area contributed by atoms with Gasteiger partial charge in [0.05, 0.1) is 7.11 Å². The number of amides is 1. The van der Waals surface area contributed by atoms with Crippen LogP contribution in [-0.2, 0) is 4.74 Å². The molecule has 0 aromatic carbocycles. The molecule has 0 bridgehead atoms. The van der Waals surface area contributed by atoms with Crippen LogP contribution in [0.4, 0.5) is 4.79 Å². The number of likely N-dealkylation sites (N-methyl/N-ethyl adjacent to an activating group) is 1. The minimum absolute atomic E-state index is 0.331. The van der Waals surface area contributed by atoms with E-state index in [1.54, 1.807) is 0 Å². The van der Waals surface area contributed by atoms with E-state index in [0.29, 0.717) is 12.6 Å². The van der Waals surface area contributed by atoms with Crippen molar-refractivity contribution >= 4 is 6.09 Å². The molecule has 1 heterocycles. The number of methoxy groups -OCH3 is 1. The number of nitrogens with one attached hydrogen (secondary N) is 2. The van der Waals surface area contributed by atoms with Gasteiger partial charge < -0.3 is 20.3 Å². The van der Waals surface area contributed by atoms with Crippen molar-refractivity contribution in [3.05, 3.63) is 0 Å². The van der Waals surface area contributed by atoms with Gasteiger partial charge in [-0.3, -0.25) is 0 Å². The normalized spacial score (nSPS) is 24.0. The van der Waals surface area contributed by atoms with Crippen LogP contribution in [0.25, 0.3) is 0 Å². The Hall–Kier alpha value is -0.810. The van der Waals surface area contributed by atoms with Crippen molar-refractivity contribution in [3.63, 3.8) is 0 Å². The molecule has 1 rings (SSSR count). The lowest BCUT2D eigenvalue weighted by Crippen LogP contribution is -2.53. The first-order valence-corrected chi connectivity index (χ1v) is 4.46. The van der Waals surface area contributed by atoms with Gasteiger partial charge in [-0.15, -0.1) is 0 Å². The SMILES string of the molecule is COC(=O)NC[C@H]1CN(C)CCN1. The molecule has 1 aliphatic heterocycles. The lowest BCUT2D eigenvalue weighted by atomic mass is 10.2. The number of rotatable bonds is 2. The second-order valence-electron chi connectivity index (χ2n) is 3.29. The molecule has 0 aliphatic carbocycles. The Kier molecular flexibility index (Phi) is 3.98. The molecule has 13 heavy (non-hydrogen) atoms. The zero-order chi connectivity index (χ0) is 9.68. The average Bonchev–Trinajstić information content (AvgIpc) is 2.14. The van der Waals surface area contributed by atoms with Crippen LogP contribution in [0, 0.1) is 0 Å². The quantitative estimate of drug-likeness (QED) is 0.597. The van der Waals surface area contributed by atoms with Gasteiger partial charge in [-0.1, -0.05) is 0 Å². The van der Waals surface area contributed by atoms with Gasteiger partial charge in [0.2, 0.25) is 0 Å². The Bertz CT molecular complexity index is 175. The summed E-state index contributed by atoms with van der Waals surface area (Å²) in [5.41, 5.74) is 0. The van der Waals surface area contributed by atoms with Crippen LogP contribution >= 0.6 is 0 Å². The van der Waals surface area contributed by atoms with E-state index in [1.807, 2.05) is 0 Å². The fourth-order valence-corrected chi connectivity index (χ4v) is 1.41. The Morgan fingerprint density at radius 1 is 1.77 bits per heavy atom. The Labute approximate surface area is 78.4 Å². The van der Waals surface area contributed by atoms with Crippen LogP contribution in [0.5, 0.6) is 0 Å². The molecular weight excluding hydrogens is 170 g/mol. The fraction of sp³-hybridized carbons (Fsp3) is 0.875. The smallest absolute Gasteiger partial charge is 0.406 e. The van der Waals surface area contributed by atoms with Crippen molar-refractivity contribution in [3.8, 4) is 0 Å². The first-order valence-electron chi connectivity index (χ1n) is 4.46. The van der Waals surface area contributed by atoms with E-state index < -0.39 is 0 Å². The number of ether oxygens (including phenoxy) is 1. The minimum atomic E-state index is -0.366. The number of piperazine rings is 1. The number of carbonyl (C=O) groups excluding carboxylic acids is 1. The van der Waals surface area contributed by atoms with E-state index in [2.05, 4.69) is 27.3 Å². The zero-order valence-corrected chi connectivity index (χ0v) is 8.17. The molecule has 5 heteroatoms. The monoisotopic (exact) mass is 187 g/mol. The number of hydrogen-bond donors (Lipinski definition) is 2. The van der Waals surface area contributed by atoms with Gasteiger partial charge in [-0.25, -0.2) is 4.79 Å². The van der Waals surface area contributed by atoms with E-state index in [9.17, 15) is 4.79 Å². The van der Waals surface area contributed by atoms with Gasteiger partial charge >= 0.3 is 6.09 Å². The molecule has 1 amide bonds. The van der Waals surface area contributed by atoms with Gasteiger partial charge in [0.1, 0.15) is 0 Å². The summed E-state index contributed by atoms with van der Waals surface area (Å²) in [5, 5.41) is 5.99. The maximum absolute atomic E-state index is 10.8. The van der Waals surface area contributed by atoms with Crippen molar-refractivity contribution in [2.75, 3.05) is 40.3 Å². The molecular formula is C8H17N3O2. The van der Waals surface area contributed by atoms with E-state index >= 15 is 0 Å². The maximum Gasteiger partial charge on any atom is 0.406 e. The van der Waals surface area contributed by atoms with Crippen LogP contribution < -0.4 is 10.6 Å². The third kappa shape index (κ3) is 3.61. The topological polar surface area (TPSA) is 53.6 Å². The molecule has 0 aromatic rings. The Morgan fingerprint density at radius 3 is 3.15 bits per heavy atom. The first-order chi connectivity index (χ1) is 6.22. The van der Waals surface area contributed by atoms with Crippen molar-refractivity contribution in [2.24, 2.45) is 0 Å². The molecule has 0 radical (unpaired) electrons. The van der Waals surface area contributed by atoms with E-state index in [-0.39, 0.29) is 6.09 Å². The third-order valence-electron chi connectivity index (χ3n) is 2.14. The van der Waals surface area contributed by atoms with Crippen LogP contribution in [0.2, 0.25) is 0 Å². The van der Waals surface area contributed by atoms with Crippen LogP contribution in [0.1, 0.15) is 0 Å². The molecule has 0 aromatic heterocycles. The molecule has 1 fully saturated rings. The largest absolute Gasteiger partial charge is 0.453 e. The standard InChI is InChI=1S/C8H17N3O2/c1-11-4-3-9-7(6-11)5-10-8(12)13-2/h7,9H,3-6H2,1-2H3,(H,10,12)/t7-/m0/s1.